The van der Waals surface area contributed by atoms with E-state index in [-0.39, 0.29) is 5.91 Å². The molecular weight excluding hydrogens is 246 g/mol. The number of carbonyl (C=O) groups excluding carboxylic acids is 1. The van der Waals surface area contributed by atoms with E-state index in [0.717, 1.165) is 18.5 Å². The van der Waals surface area contributed by atoms with Gasteiger partial charge >= 0.3 is 0 Å². The van der Waals surface area contributed by atoms with Crippen LogP contribution in [0.5, 0.6) is 0 Å². The fraction of sp³-hybridized carbons (Fsp3) is 0.250. The van der Waals surface area contributed by atoms with E-state index in [2.05, 4.69) is 25.4 Å². The molecule has 100 valence electrons. The van der Waals surface area contributed by atoms with Gasteiger partial charge in [0.25, 0.3) is 5.91 Å². The van der Waals surface area contributed by atoms with Crippen LogP contribution in [0.25, 0.3) is 0 Å². The molecular formula is C12H15N5O2. The minimum atomic E-state index is -0.287. The molecule has 0 radical (unpaired) electrons. The van der Waals surface area contributed by atoms with E-state index in [4.69, 9.17) is 5.84 Å². The Morgan fingerprint density at radius 2 is 2.26 bits per heavy atom. The number of nitrogens with one attached hydrogen (secondary N) is 2. The number of nitrogen functional groups attached to an aromatic ring is 1. The van der Waals surface area contributed by atoms with Crippen molar-refractivity contribution < 1.29 is 9.32 Å². The number of hydrazine groups is 1. The Hall–Kier alpha value is -2.41. The lowest BCUT2D eigenvalue weighted by Gasteiger charge is -2.07. The summed E-state index contributed by atoms with van der Waals surface area (Å²) in [5, 5.41) is 6.24. The number of anilines is 2. The first kappa shape index (κ1) is 13.0. The molecule has 0 spiro atoms. The average Bonchev–Trinajstić information content (AvgIpc) is 2.91. The monoisotopic (exact) mass is 261 g/mol. The zero-order chi connectivity index (χ0) is 13.7. The van der Waals surface area contributed by atoms with Gasteiger partial charge in [0.1, 0.15) is 12.1 Å². The normalized spacial score (nSPS) is 10.2. The van der Waals surface area contributed by atoms with Crippen LogP contribution in [0.4, 0.5) is 11.6 Å². The van der Waals surface area contributed by atoms with Gasteiger partial charge in [-0.3, -0.25) is 4.79 Å². The fourth-order valence-corrected chi connectivity index (χ4v) is 1.64. The predicted octanol–water partition coefficient (Wildman–Crippen LogP) is 1.56. The van der Waals surface area contributed by atoms with Gasteiger partial charge in [0, 0.05) is 17.3 Å². The summed E-state index contributed by atoms with van der Waals surface area (Å²) >= 11 is 0. The van der Waals surface area contributed by atoms with Gasteiger partial charge < -0.3 is 15.3 Å². The largest absolute Gasteiger partial charge is 0.363 e. The van der Waals surface area contributed by atoms with Gasteiger partial charge in [-0.25, -0.2) is 10.8 Å². The number of nitrogens with zero attached hydrogens (tertiary/aromatic N) is 2. The van der Waals surface area contributed by atoms with E-state index in [0.29, 0.717) is 17.2 Å². The van der Waals surface area contributed by atoms with Crippen LogP contribution in [0.15, 0.2) is 29.0 Å². The molecule has 0 aliphatic heterocycles. The third-order valence-electron chi connectivity index (χ3n) is 2.47. The minimum absolute atomic E-state index is 0.287. The van der Waals surface area contributed by atoms with Crippen molar-refractivity contribution >= 4 is 17.5 Å². The van der Waals surface area contributed by atoms with Crippen LogP contribution in [0.1, 0.15) is 29.4 Å². The molecule has 0 unspecified atom stereocenters. The highest BCUT2D eigenvalue weighted by molar-refractivity contribution is 6.04. The van der Waals surface area contributed by atoms with Gasteiger partial charge in [-0.15, -0.1) is 0 Å². The van der Waals surface area contributed by atoms with E-state index in [1.54, 1.807) is 18.2 Å². The summed E-state index contributed by atoms with van der Waals surface area (Å²) in [5.41, 5.74) is 3.73. The third-order valence-corrected chi connectivity index (χ3v) is 2.47. The predicted molar refractivity (Wildman–Crippen MR) is 70.5 cm³/mol. The summed E-state index contributed by atoms with van der Waals surface area (Å²) in [7, 11) is 0. The standard InChI is InChI=1S/C12H15N5O2/c1-2-3-9-6-8(7-11(14-9)16-13)12(18)15-10-4-5-19-17-10/h4-7H,2-3,13H2,1H3,(H,14,16)(H,15,17,18). The molecule has 0 aliphatic rings. The maximum Gasteiger partial charge on any atom is 0.257 e. The molecule has 7 heteroatoms. The first-order valence-electron chi connectivity index (χ1n) is 5.92. The highest BCUT2D eigenvalue weighted by atomic mass is 16.5. The number of hydrogen-bond acceptors (Lipinski definition) is 6. The molecule has 0 bridgehead atoms. The quantitative estimate of drug-likeness (QED) is 0.557. The Bertz CT molecular complexity index is 553. The van der Waals surface area contributed by atoms with Crippen molar-refractivity contribution in [1.82, 2.24) is 10.1 Å². The van der Waals surface area contributed by atoms with Crippen molar-refractivity contribution in [2.75, 3.05) is 10.7 Å². The van der Waals surface area contributed by atoms with Crippen LogP contribution in [0.2, 0.25) is 0 Å². The van der Waals surface area contributed by atoms with E-state index >= 15 is 0 Å². The molecule has 0 aliphatic carbocycles. The van der Waals surface area contributed by atoms with E-state index in [1.165, 1.54) is 6.26 Å². The van der Waals surface area contributed by atoms with Crippen molar-refractivity contribution in [2.24, 2.45) is 5.84 Å². The second-order valence-corrected chi connectivity index (χ2v) is 3.97. The third kappa shape index (κ3) is 3.29. The Balaban J connectivity index is 2.22. The van der Waals surface area contributed by atoms with Crippen LogP contribution < -0.4 is 16.6 Å². The molecule has 2 aromatic heterocycles. The van der Waals surface area contributed by atoms with E-state index in [1.807, 2.05) is 6.92 Å². The van der Waals surface area contributed by atoms with Gasteiger partial charge in [-0.2, -0.15) is 0 Å². The lowest BCUT2D eigenvalue weighted by Crippen LogP contribution is -2.15. The lowest BCUT2D eigenvalue weighted by molar-refractivity contribution is 0.102. The van der Waals surface area contributed by atoms with Crippen LogP contribution in [-0.2, 0) is 6.42 Å². The molecule has 0 fully saturated rings. The molecule has 7 nitrogen and oxygen atoms in total. The number of aryl methyl sites for hydroxylation is 1. The summed E-state index contributed by atoms with van der Waals surface area (Å²) in [6, 6.07) is 4.88. The Kier molecular flexibility index (Phi) is 4.09. The zero-order valence-corrected chi connectivity index (χ0v) is 10.5. The fourth-order valence-electron chi connectivity index (χ4n) is 1.64. The summed E-state index contributed by atoms with van der Waals surface area (Å²) in [6.07, 6.45) is 3.10. The van der Waals surface area contributed by atoms with Crippen LogP contribution in [0, 0.1) is 0 Å². The summed E-state index contributed by atoms with van der Waals surface area (Å²) < 4.78 is 4.65. The molecule has 0 saturated heterocycles. The molecule has 2 aromatic rings. The van der Waals surface area contributed by atoms with Crippen molar-refractivity contribution in [1.29, 1.82) is 0 Å². The highest BCUT2D eigenvalue weighted by Crippen LogP contribution is 2.13. The van der Waals surface area contributed by atoms with Crippen molar-refractivity contribution in [2.45, 2.75) is 19.8 Å². The van der Waals surface area contributed by atoms with Gasteiger partial charge in [0.2, 0.25) is 0 Å². The Labute approximate surface area is 110 Å². The molecule has 2 heterocycles. The number of carbonyl (C=O) groups is 1. The van der Waals surface area contributed by atoms with Gasteiger partial charge in [-0.05, 0) is 18.6 Å². The number of nitrogens with two attached hydrogens (primary N) is 1. The molecule has 0 atom stereocenters. The van der Waals surface area contributed by atoms with Crippen molar-refractivity contribution in [3.05, 3.63) is 35.7 Å². The SMILES string of the molecule is CCCc1cc(C(=O)Nc2ccon2)cc(NN)n1. The zero-order valence-electron chi connectivity index (χ0n) is 10.5. The Morgan fingerprint density at radius 3 is 2.89 bits per heavy atom. The molecule has 0 saturated carbocycles. The maximum atomic E-state index is 12.0. The molecule has 0 aromatic carbocycles. The molecule has 1 amide bonds. The van der Waals surface area contributed by atoms with Crippen LogP contribution in [-0.4, -0.2) is 16.0 Å². The summed E-state index contributed by atoms with van der Waals surface area (Å²) in [4.78, 5) is 16.3. The van der Waals surface area contributed by atoms with Crippen LogP contribution in [0.3, 0.4) is 0 Å². The van der Waals surface area contributed by atoms with E-state index < -0.39 is 0 Å². The number of pyridine rings is 1. The minimum Gasteiger partial charge on any atom is -0.363 e. The topological polar surface area (TPSA) is 106 Å². The average molecular weight is 261 g/mol. The first-order chi connectivity index (χ1) is 9.22. The first-order valence-corrected chi connectivity index (χ1v) is 5.92. The second-order valence-electron chi connectivity index (χ2n) is 3.97. The van der Waals surface area contributed by atoms with Crippen molar-refractivity contribution in [3.63, 3.8) is 0 Å². The summed E-state index contributed by atoms with van der Waals surface area (Å²) in [6.45, 7) is 2.04. The lowest BCUT2D eigenvalue weighted by atomic mass is 10.1. The Morgan fingerprint density at radius 1 is 1.42 bits per heavy atom. The molecule has 4 N–H and O–H groups in total. The van der Waals surface area contributed by atoms with Crippen LogP contribution >= 0.6 is 0 Å². The highest BCUT2D eigenvalue weighted by Gasteiger charge is 2.11. The van der Waals surface area contributed by atoms with E-state index in [9.17, 15) is 4.79 Å². The number of rotatable bonds is 5. The number of amides is 1. The molecule has 19 heavy (non-hydrogen) atoms. The molecule has 2 rings (SSSR count). The smallest absolute Gasteiger partial charge is 0.257 e. The van der Waals surface area contributed by atoms with Gasteiger partial charge in [0.15, 0.2) is 5.82 Å². The second kappa shape index (κ2) is 5.96. The van der Waals surface area contributed by atoms with Gasteiger partial charge in [0.05, 0.1) is 0 Å². The summed E-state index contributed by atoms with van der Waals surface area (Å²) in [5.74, 6) is 5.88. The maximum absolute atomic E-state index is 12.0. The number of aromatic nitrogens is 2. The van der Waals surface area contributed by atoms with Crippen molar-refractivity contribution in [3.8, 4) is 0 Å². The number of hydrogen-bond donors (Lipinski definition) is 3. The van der Waals surface area contributed by atoms with Gasteiger partial charge in [-0.1, -0.05) is 18.5 Å².